The third kappa shape index (κ3) is 3.17. The summed E-state index contributed by atoms with van der Waals surface area (Å²) in [5.74, 6) is -1.02. The van der Waals surface area contributed by atoms with Crippen LogP contribution in [0.15, 0.2) is 24.3 Å². The fraction of sp³-hybridized carbons (Fsp3) is 0.467. The first kappa shape index (κ1) is 14.5. The van der Waals surface area contributed by atoms with Crippen molar-refractivity contribution in [1.82, 2.24) is 10.2 Å². The van der Waals surface area contributed by atoms with Gasteiger partial charge in [-0.05, 0) is 38.1 Å². The number of piperidine rings is 1. The minimum Gasteiger partial charge on any atom is -0.478 e. The Bertz CT molecular complexity index is 516. The summed E-state index contributed by atoms with van der Waals surface area (Å²) in [7, 11) is 2.06. The zero-order valence-corrected chi connectivity index (χ0v) is 11.8. The molecule has 1 aliphatic rings. The number of hydrogen-bond acceptors (Lipinski definition) is 3. The van der Waals surface area contributed by atoms with Crippen LogP contribution in [-0.2, 0) is 0 Å². The van der Waals surface area contributed by atoms with E-state index in [0.29, 0.717) is 5.92 Å². The number of carbonyl (C=O) groups is 2. The van der Waals surface area contributed by atoms with E-state index in [2.05, 4.69) is 24.2 Å². The van der Waals surface area contributed by atoms with E-state index in [9.17, 15) is 9.59 Å². The lowest BCUT2D eigenvalue weighted by Gasteiger charge is -2.35. The maximum Gasteiger partial charge on any atom is 0.336 e. The molecule has 5 heteroatoms. The van der Waals surface area contributed by atoms with Gasteiger partial charge in [0.25, 0.3) is 5.91 Å². The number of carbonyl (C=O) groups excluding carboxylic acids is 1. The quantitative estimate of drug-likeness (QED) is 0.877. The molecular weight excluding hydrogens is 256 g/mol. The number of hydrogen-bond donors (Lipinski definition) is 2. The van der Waals surface area contributed by atoms with Crippen LogP contribution in [0.5, 0.6) is 0 Å². The molecule has 0 aromatic heterocycles. The van der Waals surface area contributed by atoms with E-state index < -0.39 is 5.97 Å². The van der Waals surface area contributed by atoms with Gasteiger partial charge in [0.2, 0.25) is 0 Å². The zero-order valence-electron chi connectivity index (χ0n) is 11.8. The maximum absolute atomic E-state index is 12.3. The molecular formula is C15H20N2O3. The molecule has 108 valence electrons. The van der Waals surface area contributed by atoms with E-state index in [0.717, 1.165) is 19.5 Å². The van der Waals surface area contributed by atoms with Gasteiger partial charge in [0.1, 0.15) is 0 Å². The molecule has 1 saturated heterocycles. The first-order valence-corrected chi connectivity index (χ1v) is 6.80. The Morgan fingerprint density at radius 3 is 2.55 bits per heavy atom. The Balaban J connectivity index is 2.11. The van der Waals surface area contributed by atoms with Crippen molar-refractivity contribution >= 4 is 11.9 Å². The minimum absolute atomic E-state index is 0.0468. The average molecular weight is 276 g/mol. The maximum atomic E-state index is 12.3. The second-order valence-corrected chi connectivity index (χ2v) is 5.46. The Morgan fingerprint density at radius 1 is 1.30 bits per heavy atom. The van der Waals surface area contributed by atoms with E-state index in [1.807, 2.05) is 0 Å². The van der Waals surface area contributed by atoms with Crippen LogP contribution in [0.4, 0.5) is 0 Å². The van der Waals surface area contributed by atoms with Crippen molar-refractivity contribution < 1.29 is 14.7 Å². The number of benzene rings is 1. The number of amides is 1. The van der Waals surface area contributed by atoms with Crippen LogP contribution in [0.25, 0.3) is 0 Å². The molecule has 2 unspecified atom stereocenters. The smallest absolute Gasteiger partial charge is 0.336 e. The first-order valence-electron chi connectivity index (χ1n) is 6.80. The molecule has 1 aliphatic heterocycles. The van der Waals surface area contributed by atoms with E-state index in [1.165, 1.54) is 6.07 Å². The summed E-state index contributed by atoms with van der Waals surface area (Å²) in [6.07, 6.45) is 0.888. The largest absolute Gasteiger partial charge is 0.478 e. The van der Waals surface area contributed by atoms with Crippen molar-refractivity contribution in [3.05, 3.63) is 35.4 Å². The Kier molecular flexibility index (Phi) is 4.39. The van der Waals surface area contributed by atoms with Crippen LogP contribution in [0.3, 0.4) is 0 Å². The molecule has 0 spiro atoms. The molecule has 1 aromatic rings. The second kappa shape index (κ2) is 6.05. The van der Waals surface area contributed by atoms with Crippen molar-refractivity contribution in [3.8, 4) is 0 Å². The van der Waals surface area contributed by atoms with Crippen molar-refractivity contribution in [1.29, 1.82) is 0 Å². The van der Waals surface area contributed by atoms with Gasteiger partial charge in [0, 0.05) is 12.6 Å². The molecule has 1 heterocycles. The van der Waals surface area contributed by atoms with E-state index >= 15 is 0 Å². The summed E-state index contributed by atoms with van der Waals surface area (Å²) in [4.78, 5) is 25.7. The molecule has 2 rings (SSSR count). The predicted molar refractivity (Wildman–Crippen MR) is 75.9 cm³/mol. The Labute approximate surface area is 118 Å². The van der Waals surface area contributed by atoms with Gasteiger partial charge in [-0.15, -0.1) is 0 Å². The molecule has 1 aromatic carbocycles. The van der Waals surface area contributed by atoms with Gasteiger partial charge in [-0.3, -0.25) is 4.79 Å². The summed E-state index contributed by atoms with van der Waals surface area (Å²) in [5, 5.41) is 12.1. The number of nitrogens with zero attached hydrogens (tertiary/aromatic N) is 1. The van der Waals surface area contributed by atoms with Crippen LogP contribution in [0, 0.1) is 5.92 Å². The zero-order chi connectivity index (χ0) is 14.7. The monoisotopic (exact) mass is 276 g/mol. The fourth-order valence-corrected chi connectivity index (χ4v) is 2.68. The highest BCUT2D eigenvalue weighted by Crippen LogP contribution is 2.17. The van der Waals surface area contributed by atoms with Crippen LogP contribution in [0.1, 0.15) is 34.1 Å². The number of aromatic carboxylic acids is 1. The standard InChI is InChI=1S/C15H20N2O3/c1-10-9-17(2)8-7-13(10)16-14(18)11-5-3-4-6-12(11)15(19)20/h3-6,10,13H,7-9H2,1-2H3,(H,16,18)(H,19,20). The molecule has 20 heavy (non-hydrogen) atoms. The lowest BCUT2D eigenvalue weighted by atomic mass is 9.93. The summed E-state index contributed by atoms with van der Waals surface area (Å²) in [6.45, 7) is 3.98. The third-order valence-electron chi connectivity index (χ3n) is 3.83. The molecule has 0 saturated carbocycles. The summed E-state index contributed by atoms with van der Waals surface area (Å²) < 4.78 is 0. The van der Waals surface area contributed by atoms with E-state index in [-0.39, 0.29) is 23.1 Å². The van der Waals surface area contributed by atoms with Crippen molar-refractivity contribution in [2.45, 2.75) is 19.4 Å². The lowest BCUT2D eigenvalue weighted by Crippen LogP contribution is -2.49. The van der Waals surface area contributed by atoms with Gasteiger partial charge in [-0.2, -0.15) is 0 Å². The molecule has 0 bridgehead atoms. The van der Waals surface area contributed by atoms with Crippen LogP contribution in [0.2, 0.25) is 0 Å². The fourth-order valence-electron chi connectivity index (χ4n) is 2.68. The van der Waals surface area contributed by atoms with Crippen molar-refractivity contribution in [3.63, 3.8) is 0 Å². The van der Waals surface area contributed by atoms with Gasteiger partial charge in [-0.1, -0.05) is 19.1 Å². The second-order valence-electron chi connectivity index (χ2n) is 5.46. The lowest BCUT2D eigenvalue weighted by molar-refractivity contribution is 0.0689. The van der Waals surface area contributed by atoms with Crippen molar-refractivity contribution in [2.75, 3.05) is 20.1 Å². The van der Waals surface area contributed by atoms with Gasteiger partial charge in [0.05, 0.1) is 11.1 Å². The normalized spacial score (nSPS) is 23.3. The number of rotatable bonds is 3. The van der Waals surface area contributed by atoms with Crippen LogP contribution >= 0.6 is 0 Å². The topological polar surface area (TPSA) is 69.6 Å². The number of carboxylic acid groups (broad SMARTS) is 1. The highest BCUT2D eigenvalue weighted by molar-refractivity contribution is 6.04. The SMILES string of the molecule is CC1CN(C)CCC1NC(=O)c1ccccc1C(=O)O. The number of carboxylic acids is 1. The molecule has 2 atom stereocenters. The van der Waals surface area contributed by atoms with Crippen molar-refractivity contribution in [2.24, 2.45) is 5.92 Å². The highest BCUT2D eigenvalue weighted by Gasteiger charge is 2.26. The van der Waals surface area contributed by atoms with Gasteiger partial charge in [-0.25, -0.2) is 4.79 Å². The molecule has 2 N–H and O–H groups in total. The van der Waals surface area contributed by atoms with Crippen LogP contribution in [-0.4, -0.2) is 48.1 Å². The number of likely N-dealkylation sites (tertiary alicyclic amines) is 1. The molecule has 5 nitrogen and oxygen atoms in total. The van der Waals surface area contributed by atoms with Gasteiger partial charge >= 0.3 is 5.97 Å². The van der Waals surface area contributed by atoms with Gasteiger partial charge in [0.15, 0.2) is 0 Å². The Morgan fingerprint density at radius 2 is 1.95 bits per heavy atom. The predicted octanol–water partition coefficient (Wildman–Crippen LogP) is 1.45. The molecule has 1 amide bonds. The first-order chi connectivity index (χ1) is 9.49. The highest BCUT2D eigenvalue weighted by atomic mass is 16.4. The third-order valence-corrected chi connectivity index (χ3v) is 3.83. The minimum atomic E-state index is -1.08. The molecule has 0 radical (unpaired) electrons. The summed E-state index contributed by atoms with van der Waals surface area (Å²) in [5.41, 5.74) is 0.275. The van der Waals surface area contributed by atoms with Gasteiger partial charge < -0.3 is 15.3 Å². The van der Waals surface area contributed by atoms with Crippen LogP contribution < -0.4 is 5.32 Å². The number of nitrogens with one attached hydrogen (secondary N) is 1. The van der Waals surface area contributed by atoms with E-state index in [4.69, 9.17) is 5.11 Å². The summed E-state index contributed by atoms with van der Waals surface area (Å²) in [6, 6.07) is 6.41. The Hall–Kier alpha value is -1.88. The summed E-state index contributed by atoms with van der Waals surface area (Å²) >= 11 is 0. The molecule has 0 aliphatic carbocycles. The average Bonchev–Trinajstić information content (AvgIpc) is 2.41. The molecule has 1 fully saturated rings. The van der Waals surface area contributed by atoms with E-state index in [1.54, 1.807) is 18.2 Å².